The third kappa shape index (κ3) is 10.2. The second-order valence-corrected chi connectivity index (χ2v) is 7.93. The molecule has 1 atom stereocenters. The number of hydrogen-bond acceptors (Lipinski definition) is 2. The fourth-order valence-corrected chi connectivity index (χ4v) is 3.92. The summed E-state index contributed by atoms with van der Waals surface area (Å²) < 4.78 is 0. The van der Waals surface area contributed by atoms with Crippen molar-refractivity contribution in [3.05, 3.63) is 12.4 Å². The normalized spacial score (nSPS) is 17.0. The molecular formula is C23H46N2. The van der Waals surface area contributed by atoms with Crippen molar-refractivity contribution >= 4 is 0 Å². The number of unbranched alkanes of at least 4 members (excludes halogenated alkanes) is 11. The van der Waals surface area contributed by atoms with Gasteiger partial charge in [0, 0.05) is 25.5 Å². The molecule has 0 spiro atoms. The van der Waals surface area contributed by atoms with E-state index in [1.54, 1.807) is 0 Å². The quantitative estimate of drug-likeness (QED) is 0.254. The average Bonchev–Trinajstić information content (AvgIpc) is 3.00. The van der Waals surface area contributed by atoms with Crippen LogP contribution in [0.3, 0.4) is 0 Å². The molecule has 1 heterocycles. The summed E-state index contributed by atoms with van der Waals surface area (Å²) in [6, 6.07) is 0. The number of nitrogens with zero attached hydrogens (tertiary/aromatic N) is 2. The third-order valence-corrected chi connectivity index (χ3v) is 5.55. The molecule has 0 aliphatic carbocycles. The molecular weight excluding hydrogens is 304 g/mol. The highest BCUT2D eigenvalue weighted by Crippen LogP contribution is 2.22. The van der Waals surface area contributed by atoms with Crippen LogP contribution in [0.15, 0.2) is 12.4 Å². The van der Waals surface area contributed by atoms with Crippen LogP contribution < -0.4 is 0 Å². The zero-order valence-electron chi connectivity index (χ0n) is 17.6. The van der Waals surface area contributed by atoms with E-state index in [4.69, 9.17) is 0 Å². The van der Waals surface area contributed by atoms with Gasteiger partial charge in [0.15, 0.2) is 0 Å². The molecule has 0 aromatic rings. The Morgan fingerprint density at radius 2 is 0.920 bits per heavy atom. The van der Waals surface area contributed by atoms with Gasteiger partial charge in [-0.3, -0.25) is 0 Å². The molecule has 25 heavy (non-hydrogen) atoms. The lowest BCUT2D eigenvalue weighted by Crippen LogP contribution is -2.39. The van der Waals surface area contributed by atoms with E-state index < -0.39 is 0 Å². The van der Waals surface area contributed by atoms with Gasteiger partial charge in [-0.1, -0.05) is 97.8 Å². The third-order valence-electron chi connectivity index (χ3n) is 5.55. The van der Waals surface area contributed by atoms with Gasteiger partial charge in [0.25, 0.3) is 0 Å². The van der Waals surface area contributed by atoms with Crippen LogP contribution >= 0.6 is 0 Å². The van der Waals surface area contributed by atoms with E-state index in [0.717, 1.165) is 0 Å². The highest BCUT2D eigenvalue weighted by Gasteiger charge is 2.24. The molecule has 1 aliphatic rings. The molecule has 2 heteroatoms. The highest BCUT2D eigenvalue weighted by atomic mass is 15.4. The summed E-state index contributed by atoms with van der Waals surface area (Å²) in [7, 11) is 0. The first-order chi connectivity index (χ1) is 12.3. The Hall–Kier alpha value is -0.660. The van der Waals surface area contributed by atoms with Crippen LogP contribution in [-0.4, -0.2) is 29.1 Å². The van der Waals surface area contributed by atoms with Crippen LogP contribution in [0.2, 0.25) is 0 Å². The second-order valence-electron chi connectivity index (χ2n) is 7.93. The molecule has 2 nitrogen and oxygen atoms in total. The van der Waals surface area contributed by atoms with Crippen LogP contribution in [-0.2, 0) is 0 Å². The van der Waals surface area contributed by atoms with E-state index in [0.29, 0.717) is 6.17 Å². The minimum atomic E-state index is 0.640. The molecule has 0 amide bonds. The van der Waals surface area contributed by atoms with E-state index in [9.17, 15) is 0 Å². The van der Waals surface area contributed by atoms with E-state index in [1.807, 2.05) is 0 Å². The highest BCUT2D eigenvalue weighted by molar-refractivity contribution is 4.96. The van der Waals surface area contributed by atoms with Crippen molar-refractivity contribution in [2.24, 2.45) is 0 Å². The van der Waals surface area contributed by atoms with Crippen LogP contribution in [0.1, 0.15) is 117 Å². The summed E-state index contributed by atoms with van der Waals surface area (Å²) in [5, 5.41) is 0. The summed E-state index contributed by atoms with van der Waals surface area (Å²) in [5.74, 6) is 0. The number of rotatable bonds is 17. The minimum Gasteiger partial charge on any atom is -0.356 e. The van der Waals surface area contributed by atoms with Crippen molar-refractivity contribution < 1.29 is 0 Å². The molecule has 0 N–H and O–H groups in total. The molecule has 1 aliphatic heterocycles. The van der Waals surface area contributed by atoms with Crippen LogP contribution in [0.4, 0.5) is 0 Å². The summed E-state index contributed by atoms with van der Waals surface area (Å²) in [5.41, 5.74) is 0. The van der Waals surface area contributed by atoms with Gasteiger partial charge in [-0.2, -0.15) is 0 Å². The first-order valence-corrected chi connectivity index (χ1v) is 11.5. The van der Waals surface area contributed by atoms with Crippen molar-refractivity contribution in [1.29, 1.82) is 0 Å². The van der Waals surface area contributed by atoms with Crippen LogP contribution in [0.25, 0.3) is 0 Å². The molecule has 1 rings (SSSR count). The van der Waals surface area contributed by atoms with E-state index in [2.05, 4.69) is 43.0 Å². The largest absolute Gasteiger partial charge is 0.356 e. The van der Waals surface area contributed by atoms with Crippen molar-refractivity contribution in [3.8, 4) is 0 Å². The van der Waals surface area contributed by atoms with Crippen molar-refractivity contribution in [2.75, 3.05) is 13.1 Å². The fourth-order valence-electron chi connectivity index (χ4n) is 3.92. The maximum absolute atomic E-state index is 2.62. The molecule has 0 saturated heterocycles. The number of hydrogen-bond donors (Lipinski definition) is 0. The summed E-state index contributed by atoms with van der Waals surface area (Å²) in [4.78, 5) is 5.22. The maximum atomic E-state index is 2.62. The van der Waals surface area contributed by atoms with Gasteiger partial charge in [-0.15, -0.1) is 0 Å². The zero-order valence-corrected chi connectivity index (χ0v) is 17.6. The maximum Gasteiger partial charge on any atom is 0.101 e. The first kappa shape index (κ1) is 22.4. The van der Waals surface area contributed by atoms with Gasteiger partial charge in [0.1, 0.15) is 6.17 Å². The van der Waals surface area contributed by atoms with Gasteiger partial charge in [-0.05, 0) is 19.3 Å². The lowest BCUT2D eigenvalue weighted by molar-refractivity contribution is 0.138. The van der Waals surface area contributed by atoms with Gasteiger partial charge in [-0.25, -0.2) is 0 Å². The predicted octanol–water partition coefficient (Wildman–Crippen LogP) is 7.31. The monoisotopic (exact) mass is 350 g/mol. The molecule has 0 aromatic heterocycles. The summed E-state index contributed by atoms with van der Waals surface area (Å²) in [6.07, 6.45) is 26.2. The van der Waals surface area contributed by atoms with E-state index >= 15 is 0 Å². The Morgan fingerprint density at radius 1 is 0.520 bits per heavy atom. The molecule has 148 valence electrons. The molecule has 0 radical (unpaired) electrons. The minimum absolute atomic E-state index is 0.640. The van der Waals surface area contributed by atoms with Gasteiger partial charge in [0.2, 0.25) is 0 Å². The SMILES string of the molecule is CCCCCCCCCCCN1C=CN(CCCCCC)C1CCC. The lowest BCUT2D eigenvalue weighted by atomic mass is 10.1. The van der Waals surface area contributed by atoms with Gasteiger partial charge >= 0.3 is 0 Å². The van der Waals surface area contributed by atoms with Crippen molar-refractivity contribution in [2.45, 2.75) is 123 Å². The topological polar surface area (TPSA) is 6.48 Å². The van der Waals surface area contributed by atoms with Crippen molar-refractivity contribution in [1.82, 2.24) is 9.80 Å². The molecule has 0 aromatic carbocycles. The van der Waals surface area contributed by atoms with E-state index in [-0.39, 0.29) is 0 Å². The molecule has 0 fully saturated rings. The lowest BCUT2D eigenvalue weighted by Gasteiger charge is -2.33. The smallest absolute Gasteiger partial charge is 0.101 e. The Labute approximate surface area is 159 Å². The molecule has 0 saturated carbocycles. The zero-order chi connectivity index (χ0) is 18.2. The van der Waals surface area contributed by atoms with E-state index in [1.165, 1.54) is 109 Å². The average molecular weight is 351 g/mol. The van der Waals surface area contributed by atoms with Crippen molar-refractivity contribution in [3.63, 3.8) is 0 Å². The predicted molar refractivity (Wildman–Crippen MR) is 113 cm³/mol. The summed E-state index contributed by atoms with van der Waals surface area (Å²) in [6.45, 7) is 9.41. The van der Waals surface area contributed by atoms with Gasteiger partial charge < -0.3 is 9.80 Å². The second kappa shape index (κ2) is 15.6. The first-order valence-electron chi connectivity index (χ1n) is 11.5. The Balaban J connectivity index is 2.12. The molecule has 1 unspecified atom stereocenters. The van der Waals surface area contributed by atoms with Crippen LogP contribution in [0.5, 0.6) is 0 Å². The Morgan fingerprint density at radius 3 is 1.36 bits per heavy atom. The van der Waals surface area contributed by atoms with Crippen LogP contribution in [0, 0.1) is 0 Å². The fraction of sp³-hybridized carbons (Fsp3) is 0.913. The summed E-state index contributed by atoms with van der Waals surface area (Å²) >= 11 is 0. The Bertz CT molecular complexity index is 313. The standard InChI is InChI=1S/C23H46N2/c1-4-7-9-11-12-13-14-15-17-20-25-22-21-24(23(25)18-6-3)19-16-10-8-5-2/h21-23H,4-20H2,1-3H3. The van der Waals surface area contributed by atoms with Gasteiger partial charge in [0.05, 0.1) is 0 Å². The Kier molecular flexibility index (Phi) is 14.0. The molecule has 0 bridgehead atoms.